The van der Waals surface area contributed by atoms with Gasteiger partial charge in [-0.15, -0.1) is 0 Å². The summed E-state index contributed by atoms with van der Waals surface area (Å²) < 4.78 is 28.4. The number of amides is 1. The molecule has 3 aliphatic rings. The van der Waals surface area contributed by atoms with Crippen molar-refractivity contribution in [3.63, 3.8) is 0 Å². The molecule has 1 aromatic heterocycles. The van der Waals surface area contributed by atoms with Crippen molar-refractivity contribution in [2.24, 2.45) is 5.41 Å². The molecule has 1 spiro atoms. The smallest absolute Gasteiger partial charge is 0.237 e. The molecule has 5 rings (SSSR count). The number of hydrogen-bond acceptors (Lipinski definition) is 5. The maximum atomic E-state index is 13.2. The number of hydrogen-bond donors (Lipinski definition) is 1. The molecule has 1 N–H and O–H groups in total. The molecule has 1 saturated carbocycles. The van der Waals surface area contributed by atoms with Crippen molar-refractivity contribution >= 4 is 33.2 Å². The minimum absolute atomic E-state index is 0.0259. The molecule has 8 nitrogen and oxygen atoms in total. The second-order valence-electron chi connectivity index (χ2n) is 10.9. The van der Waals surface area contributed by atoms with E-state index in [0.717, 1.165) is 68.7 Å². The van der Waals surface area contributed by atoms with Gasteiger partial charge in [-0.1, -0.05) is 18.5 Å². The van der Waals surface area contributed by atoms with Crippen LogP contribution >= 0.6 is 11.6 Å². The molecule has 2 fully saturated rings. The van der Waals surface area contributed by atoms with E-state index in [0.29, 0.717) is 5.02 Å². The molecule has 2 aliphatic heterocycles. The van der Waals surface area contributed by atoms with Crippen LogP contribution in [-0.4, -0.2) is 60.9 Å². The number of halogens is 1. The normalized spacial score (nSPS) is 26.2. The van der Waals surface area contributed by atoms with Crippen molar-refractivity contribution in [2.75, 3.05) is 30.8 Å². The quantitative estimate of drug-likeness (QED) is 0.607. The van der Waals surface area contributed by atoms with Crippen LogP contribution in [0.4, 0.5) is 5.69 Å². The van der Waals surface area contributed by atoms with E-state index in [1.54, 1.807) is 11.8 Å². The Hall–Kier alpha value is -1.94. The third kappa shape index (κ3) is 4.63. The topological polar surface area (TPSA) is 87.5 Å². The SMILES string of the molecule is CCS(=O)(=O)NC1CC(C)(Cn2cc(CN3CCC4(CC3)C(=O)N(C)c3ccc(Cl)cc34)cn2)C1. The van der Waals surface area contributed by atoms with Gasteiger partial charge in [0, 0.05) is 48.6 Å². The molecular weight excluding hydrogens is 486 g/mol. The molecule has 1 saturated heterocycles. The number of benzene rings is 1. The van der Waals surface area contributed by atoms with Gasteiger partial charge >= 0.3 is 0 Å². The Morgan fingerprint density at radius 1 is 1.23 bits per heavy atom. The van der Waals surface area contributed by atoms with Gasteiger partial charge in [0.1, 0.15) is 0 Å². The van der Waals surface area contributed by atoms with Gasteiger partial charge in [0.05, 0.1) is 17.4 Å². The number of aromatic nitrogens is 2. The van der Waals surface area contributed by atoms with Gasteiger partial charge in [0.2, 0.25) is 15.9 Å². The predicted molar refractivity (Wildman–Crippen MR) is 137 cm³/mol. The predicted octanol–water partition coefficient (Wildman–Crippen LogP) is 3.15. The number of rotatable bonds is 7. The summed E-state index contributed by atoms with van der Waals surface area (Å²) in [7, 11) is -1.30. The van der Waals surface area contributed by atoms with Gasteiger partial charge in [-0.2, -0.15) is 5.10 Å². The van der Waals surface area contributed by atoms with Gasteiger partial charge in [0.15, 0.2) is 0 Å². The van der Waals surface area contributed by atoms with Crippen LogP contribution in [0.15, 0.2) is 30.6 Å². The Morgan fingerprint density at radius 3 is 2.63 bits per heavy atom. The minimum Gasteiger partial charge on any atom is -0.314 e. The number of carbonyl (C=O) groups excluding carboxylic acids is 1. The summed E-state index contributed by atoms with van der Waals surface area (Å²) in [6, 6.07) is 5.80. The van der Waals surface area contributed by atoms with E-state index in [1.807, 2.05) is 36.1 Å². The van der Waals surface area contributed by atoms with Crippen molar-refractivity contribution in [1.29, 1.82) is 0 Å². The van der Waals surface area contributed by atoms with Crippen LogP contribution in [0.25, 0.3) is 0 Å². The summed E-state index contributed by atoms with van der Waals surface area (Å²) >= 11 is 6.28. The average Bonchev–Trinajstić information content (AvgIpc) is 3.30. The molecule has 35 heavy (non-hydrogen) atoms. The zero-order chi connectivity index (χ0) is 25.0. The molecule has 10 heteroatoms. The first-order chi connectivity index (χ1) is 16.5. The van der Waals surface area contributed by atoms with Crippen molar-refractivity contribution in [2.45, 2.75) is 64.1 Å². The number of sulfonamides is 1. The summed E-state index contributed by atoms with van der Waals surface area (Å²) in [6.07, 6.45) is 7.23. The molecule has 0 radical (unpaired) electrons. The molecule has 2 aromatic rings. The fraction of sp³-hybridized carbons (Fsp3) is 0.600. The van der Waals surface area contributed by atoms with Crippen molar-refractivity contribution in [3.05, 3.63) is 46.7 Å². The summed E-state index contributed by atoms with van der Waals surface area (Å²) in [5, 5.41) is 5.25. The number of carbonyl (C=O) groups is 1. The lowest BCUT2D eigenvalue weighted by Crippen LogP contribution is -2.51. The lowest BCUT2D eigenvalue weighted by atomic mass is 9.67. The second-order valence-corrected chi connectivity index (χ2v) is 13.3. The highest BCUT2D eigenvalue weighted by molar-refractivity contribution is 7.89. The van der Waals surface area contributed by atoms with Gasteiger partial charge in [0.25, 0.3) is 0 Å². The van der Waals surface area contributed by atoms with Crippen molar-refractivity contribution in [1.82, 2.24) is 19.4 Å². The summed E-state index contributed by atoms with van der Waals surface area (Å²) in [5.74, 6) is 0.293. The maximum absolute atomic E-state index is 13.2. The molecule has 190 valence electrons. The van der Waals surface area contributed by atoms with Crippen LogP contribution in [0.1, 0.15) is 50.7 Å². The van der Waals surface area contributed by atoms with Gasteiger partial charge in [-0.25, -0.2) is 13.1 Å². The Morgan fingerprint density at radius 2 is 1.94 bits per heavy atom. The van der Waals surface area contributed by atoms with Gasteiger partial charge < -0.3 is 4.90 Å². The first-order valence-electron chi connectivity index (χ1n) is 12.3. The highest BCUT2D eigenvalue weighted by atomic mass is 35.5. The number of anilines is 1. The molecule has 1 aliphatic carbocycles. The third-order valence-corrected chi connectivity index (χ3v) is 9.79. The minimum atomic E-state index is -3.16. The van der Waals surface area contributed by atoms with Gasteiger partial charge in [-0.3, -0.25) is 14.4 Å². The first kappa shape index (κ1) is 24.7. The number of likely N-dealkylation sites (N-methyl/N-ethyl adjacent to an activating group) is 1. The maximum Gasteiger partial charge on any atom is 0.237 e. The van der Waals surface area contributed by atoms with Crippen LogP contribution < -0.4 is 9.62 Å². The number of nitrogens with one attached hydrogen (secondary N) is 1. The van der Waals surface area contributed by atoms with E-state index < -0.39 is 15.4 Å². The molecule has 0 bridgehead atoms. The highest BCUT2D eigenvalue weighted by Gasteiger charge is 2.51. The monoisotopic (exact) mass is 519 g/mol. The number of nitrogens with zero attached hydrogens (tertiary/aromatic N) is 4. The highest BCUT2D eigenvalue weighted by Crippen LogP contribution is 2.48. The molecule has 1 amide bonds. The fourth-order valence-corrected chi connectivity index (χ4v) is 7.22. The van der Waals surface area contributed by atoms with E-state index >= 15 is 0 Å². The summed E-state index contributed by atoms with van der Waals surface area (Å²) in [4.78, 5) is 17.4. The molecule has 0 atom stereocenters. The van der Waals surface area contributed by atoms with E-state index in [-0.39, 0.29) is 23.1 Å². The molecule has 0 unspecified atom stereocenters. The second kappa shape index (κ2) is 8.87. The van der Waals surface area contributed by atoms with E-state index in [4.69, 9.17) is 11.6 Å². The van der Waals surface area contributed by atoms with E-state index in [2.05, 4.69) is 27.8 Å². The summed E-state index contributed by atoms with van der Waals surface area (Å²) in [5.41, 5.74) is 2.78. The number of fused-ring (bicyclic) bond motifs is 2. The molecule has 1 aromatic carbocycles. The lowest BCUT2D eigenvalue weighted by molar-refractivity contribution is -0.124. The van der Waals surface area contributed by atoms with Gasteiger partial charge in [-0.05, 0) is 74.9 Å². The third-order valence-electron chi connectivity index (χ3n) is 8.10. The Bertz CT molecular complexity index is 1230. The Labute approximate surface area is 212 Å². The van der Waals surface area contributed by atoms with Crippen LogP contribution in [0.2, 0.25) is 5.02 Å². The van der Waals surface area contributed by atoms with Crippen LogP contribution in [0.5, 0.6) is 0 Å². The van der Waals surface area contributed by atoms with E-state index in [9.17, 15) is 13.2 Å². The first-order valence-corrected chi connectivity index (χ1v) is 14.4. The fourth-order valence-electron chi connectivity index (χ4n) is 6.21. The Kier molecular flexibility index (Phi) is 6.27. The molecular formula is C25H34ClN5O3S. The largest absolute Gasteiger partial charge is 0.314 e. The van der Waals surface area contributed by atoms with Crippen LogP contribution in [0, 0.1) is 5.41 Å². The standard InChI is InChI=1S/C25H34ClN5O3S/c1-4-35(33,34)28-20-12-24(2,13-20)17-31-16-18(14-27-31)15-30-9-7-25(8-10-30)21-11-19(26)5-6-22(21)29(3)23(25)32/h5-6,11,14,16,20,28H,4,7-10,12-13,15,17H2,1-3H3. The molecule has 3 heterocycles. The van der Waals surface area contributed by atoms with Crippen molar-refractivity contribution in [3.8, 4) is 0 Å². The lowest BCUT2D eigenvalue weighted by Gasteiger charge is -2.45. The number of likely N-dealkylation sites (tertiary alicyclic amines) is 1. The van der Waals surface area contributed by atoms with Crippen LogP contribution in [-0.2, 0) is 33.3 Å². The zero-order valence-corrected chi connectivity index (χ0v) is 22.2. The summed E-state index contributed by atoms with van der Waals surface area (Å²) in [6.45, 7) is 7.11. The zero-order valence-electron chi connectivity index (χ0n) is 20.6. The average molecular weight is 520 g/mol. The van der Waals surface area contributed by atoms with E-state index in [1.165, 1.54) is 0 Å². The van der Waals surface area contributed by atoms with Crippen molar-refractivity contribution < 1.29 is 13.2 Å². The number of piperidine rings is 1. The Balaban J connectivity index is 1.17. The van der Waals surface area contributed by atoms with Crippen LogP contribution in [0.3, 0.4) is 0 Å².